The molecule has 3 rings (SSSR count). The summed E-state index contributed by atoms with van der Waals surface area (Å²) in [5, 5.41) is 13.4. The summed E-state index contributed by atoms with van der Waals surface area (Å²) in [6.07, 6.45) is 3.23. The van der Waals surface area contributed by atoms with Crippen LogP contribution in [-0.4, -0.2) is 39.6 Å². The lowest BCUT2D eigenvalue weighted by molar-refractivity contribution is -0.137. The first-order chi connectivity index (χ1) is 12.0. The van der Waals surface area contributed by atoms with Crippen molar-refractivity contribution in [2.45, 2.75) is 38.1 Å². The first kappa shape index (κ1) is 17.5. The number of nitrogens with zero attached hydrogens (tertiary/aromatic N) is 2. The highest BCUT2D eigenvalue weighted by molar-refractivity contribution is 6.30. The number of benzene rings is 1. The standard InChI is InChI=1S/C18H19ClN2O4/c19-13-5-3-4-12(10-13)15-11-16(25-20-15)18(24)21-9-2-1-6-14(21)7-8-17(22)23/h3-5,10-11,14H,1-2,6-9H2,(H,22,23). The Morgan fingerprint density at radius 3 is 2.92 bits per heavy atom. The van der Waals surface area contributed by atoms with Crippen LogP contribution in [0.15, 0.2) is 34.9 Å². The Balaban J connectivity index is 1.76. The van der Waals surface area contributed by atoms with E-state index in [1.165, 1.54) is 0 Å². The van der Waals surface area contributed by atoms with Crippen molar-refractivity contribution >= 4 is 23.5 Å². The molecule has 1 amide bonds. The maximum atomic E-state index is 12.8. The highest BCUT2D eigenvalue weighted by Crippen LogP contribution is 2.26. The predicted molar refractivity (Wildman–Crippen MR) is 92.5 cm³/mol. The summed E-state index contributed by atoms with van der Waals surface area (Å²) in [5.74, 6) is -0.922. The fourth-order valence-electron chi connectivity index (χ4n) is 3.16. The zero-order valence-electron chi connectivity index (χ0n) is 13.7. The van der Waals surface area contributed by atoms with E-state index in [1.807, 2.05) is 6.07 Å². The number of piperidine rings is 1. The Morgan fingerprint density at radius 1 is 1.32 bits per heavy atom. The van der Waals surface area contributed by atoms with Gasteiger partial charge in [-0.25, -0.2) is 0 Å². The Morgan fingerprint density at radius 2 is 2.16 bits per heavy atom. The number of carbonyl (C=O) groups is 2. The van der Waals surface area contributed by atoms with Gasteiger partial charge in [0.25, 0.3) is 5.91 Å². The Hall–Kier alpha value is -2.34. The minimum Gasteiger partial charge on any atom is -0.481 e. The topological polar surface area (TPSA) is 83.6 Å². The lowest BCUT2D eigenvalue weighted by Gasteiger charge is -2.34. The molecule has 1 aromatic carbocycles. The smallest absolute Gasteiger partial charge is 0.303 e. The minimum absolute atomic E-state index is 0.0542. The molecule has 1 N–H and O–H groups in total. The molecule has 7 heteroatoms. The van der Waals surface area contributed by atoms with Gasteiger partial charge in [-0.3, -0.25) is 9.59 Å². The number of halogens is 1. The molecule has 1 aromatic heterocycles. The Labute approximate surface area is 150 Å². The van der Waals surface area contributed by atoms with E-state index in [4.69, 9.17) is 21.2 Å². The van der Waals surface area contributed by atoms with E-state index in [0.717, 1.165) is 24.8 Å². The van der Waals surface area contributed by atoms with E-state index < -0.39 is 5.97 Å². The molecule has 6 nitrogen and oxygen atoms in total. The summed E-state index contributed by atoms with van der Waals surface area (Å²) in [7, 11) is 0. The second-order valence-corrected chi connectivity index (χ2v) is 6.60. The van der Waals surface area contributed by atoms with Gasteiger partial charge < -0.3 is 14.5 Å². The number of hydrogen-bond acceptors (Lipinski definition) is 4. The van der Waals surface area contributed by atoms with Gasteiger partial charge in [0.15, 0.2) is 0 Å². The van der Waals surface area contributed by atoms with Crippen LogP contribution in [0.1, 0.15) is 42.7 Å². The number of rotatable bonds is 5. The Kier molecular flexibility index (Phi) is 5.38. The molecular formula is C18H19ClN2O4. The number of likely N-dealkylation sites (tertiary alicyclic amines) is 1. The molecule has 1 fully saturated rings. The van der Waals surface area contributed by atoms with Gasteiger partial charge in [0, 0.05) is 35.7 Å². The van der Waals surface area contributed by atoms with Gasteiger partial charge in [0.05, 0.1) is 0 Å². The largest absolute Gasteiger partial charge is 0.481 e. The van der Waals surface area contributed by atoms with Crippen molar-refractivity contribution in [2.24, 2.45) is 0 Å². The highest BCUT2D eigenvalue weighted by atomic mass is 35.5. The number of carbonyl (C=O) groups excluding carboxylic acids is 1. The average Bonchev–Trinajstić information content (AvgIpc) is 3.10. The lowest BCUT2D eigenvalue weighted by atomic mass is 9.97. The molecule has 1 saturated heterocycles. The third kappa shape index (κ3) is 4.20. The van der Waals surface area contributed by atoms with Gasteiger partial charge in [-0.05, 0) is 37.8 Å². The van der Waals surface area contributed by atoms with Gasteiger partial charge in [0.2, 0.25) is 5.76 Å². The molecule has 0 aliphatic carbocycles. The second kappa shape index (κ2) is 7.70. The molecular weight excluding hydrogens is 344 g/mol. The van der Waals surface area contributed by atoms with Gasteiger partial charge in [0.1, 0.15) is 5.69 Å². The van der Waals surface area contributed by atoms with E-state index >= 15 is 0 Å². The van der Waals surface area contributed by atoms with Crippen molar-refractivity contribution in [1.82, 2.24) is 10.1 Å². The SMILES string of the molecule is O=C(O)CCC1CCCCN1C(=O)c1cc(-c2cccc(Cl)c2)no1. The molecule has 2 aromatic rings. The number of amides is 1. The van der Waals surface area contributed by atoms with Crippen molar-refractivity contribution in [1.29, 1.82) is 0 Å². The second-order valence-electron chi connectivity index (χ2n) is 6.17. The molecule has 0 spiro atoms. The van der Waals surface area contributed by atoms with Gasteiger partial charge in [-0.15, -0.1) is 0 Å². The summed E-state index contributed by atoms with van der Waals surface area (Å²) >= 11 is 5.98. The highest BCUT2D eigenvalue weighted by Gasteiger charge is 2.30. The molecule has 0 saturated carbocycles. The van der Waals surface area contributed by atoms with Crippen LogP contribution in [0.4, 0.5) is 0 Å². The summed E-state index contributed by atoms with van der Waals surface area (Å²) in [5.41, 5.74) is 1.32. The van der Waals surface area contributed by atoms with E-state index in [1.54, 1.807) is 29.2 Å². The number of aromatic nitrogens is 1. The van der Waals surface area contributed by atoms with Crippen LogP contribution in [0.25, 0.3) is 11.3 Å². The summed E-state index contributed by atoms with van der Waals surface area (Å²) < 4.78 is 5.25. The molecule has 1 unspecified atom stereocenters. The third-order valence-corrected chi connectivity index (χ3v) is 4.66. The zero-order valence-corrected chi connectivity index (χ0v) is 14.4. The molecule has 2 heterocycles. The third-order valence-electron chi connectivity index (χ3n) is 4.42. The van der Waals surface area contributed by atoms with Crippen molar-refractivity contribution in [3.05, 3.63) is 41.1 Å². The van der Waals surface area contributed by atoms with E-state index in [9.17, 15) is 9.59 Å². The number of hydrogen-bond donors (Lipinski definition) is 1. The molecule has 1 atom stereocenters. The summed E-state index contributed by atoms with van der Waals surface area (Å²) in [6.45, 7) is 0.607. The molecule has 1 aliphatic rings. The van der Waals surface area contributed by atoms with Gasteiger partial charge in [-0.2, -0.15) is 0 Å². The van der Waals surface area contributed by atoms with Crippen molar-refractivity contribution in [2.75, 3.05) is 6.54 Å². The lowest BCUT2D eigenvalue weighted by Crippen LogP contribution is -2.43. The number of carboxylic acid groups (broad SMARTS) is 1. The Bertz CT molecular complexity index is 774. The average molecular weight is 363 g/mol. The maximum absolute atomic E-state index is 12.8. The molecule has 0 radical (unpaired) electrons. The van der Waals surface area contributed by atoms with Crippen molar-refractivity contribution in [3.8, 4) is 11.3 Å². The van der Waals surface area contributed by atoms with E-state index in [2.05, 4.69) is 5.16 Å². The van der Waals surface area contributed by atoms with Crippen molar-refractivity contribution in [3.63, 3.8) is 0 Å². The first-order valence-electron chi connectivity index (χ1n) is 8.30. The minimum atomic E-state index is -0.846. The normalized spacial score (nSPS) is 17.5. The summed E-state index contributed by atoms with van der Waals surface area (Å²) in [6, 6.07) is 8.70. The van der Waals surface area contributed by atoms with Crippen LogP contribution in [0.2, 0.25) is 5.02 Å². The predicted octanol–water partition coefficient (Wildman–Crippen LogP) is 3.85. The van der Waals surface area contributed by atoms with Gasteiger partial charge >= 0.3 is 5.97 Å². The monoisotopic (exact) mass is 362 g/mol. The van der Waals surface area contributed by atoms with Crippen LogP contribution in [0.5, 0.6) is 0 Å². The fraction of sp³-hybridized carbons (Fsp3) is 0.389. The molecule has 1 aliphatic heterocycles. The quantitative estimate of drug-likeness (QED) is 0.873. The van der Waals surface area contributed by atoms with E-state index in [-0.39, 0.29) is 24.1 Å². The van der Waals surface area contributed by atoms with Crippen LogP contribution in [0, 0.1) is 0 Å². The first-order valence-corrected chi connectivity index (χ1v) is 8.68. The number of carboxylic acids is 1. The van der Waals surface area contributed by atoms with Crippen LogP contribution < -0.4 is 0 Å². The molecule has 0 bridgehead atoms. The number of aliphatic carboxylic acids is 1. The molecule has 132 valence electrons. The molecule has 25 heavy (non-hydrogen) atoms. The van der Waals surface area contributed by atoms with E-state index in [0.29, 0.717) is 23.7 Å². The van der Waals surface area contributed by atoms with Crippen LogP contribution in [-0.2, 0) is 4.79 Å². The van der Waals surface area contributed by atoms with Crippen LogP contribution in [0.3, 0.4) is 0 Å². The zero-order chi connectivity index (χ0) is 17.8. The maximum Gasteiger partial charge on any atom is 0.303 e. The summed E-state index contributed by atoms with van der Waals surface area (Å²) in [4.78, 5) is 25.3. The van der Waals surface area contributed by atoms with Crippen LogP contribution >= 0.6 is 11.6 Å². The fourth-order valence-corrected chi connectivity index (χ4v) is 3.35. The van der Waals surface area contributed by atoms with Gasteiger partial charge in [-0.1, -0.05) is 28.9 Å². The van der Waals surface area contributed by atoms with Crippen molar-refractivity contribution < 1.29 is 19.2 Å².